The Morgan fingerprint density at radius 2 is 2.00 bits per heavy atom. The molecular weight excluding hydrogens is 268 g/mol. The lowest BCUT2D eigenvalue weighted by atomic mass is 10.2. The number of pyridine rings is 2. The summed E-state index contributed by atoms with van der Waals surface area (Å²) in [6, 6.07) is 5.20. The molecule has 3 N–H and O–H groups in total. The summed E-state index contributed by atoms with van der Waals surface area (Å²) in [6.07, 6.45) is 5.22. The number of aryl methyl sites for hydroxylation is 1. The van der Waals surface area contributed by atoms with Gasteiger partial charge in [0.2, 0.25) is 0 Å². The monoisotopic (exact) mass is 284 g/mol. The van der Waals surface area contributed by atoms with E-state index in [0.717, 1.165) is 18.4 Å². The van der Waals surface area contributed by atoms with Crippen molar-refractivity contribution in [1.82, 2.24) is 9.97 Å². The molecule has 2 aromatic heterocycles. The fourth-order valence-electron chi connectivity index (χ4n) is 2.28. The van der Waals surface area contributed by atoms with Crippen molar-refractivity contribution in [3.63, 3.8) is 0 Å². The van der Waals surface area contributed by atoms with Crippen molar-refractivity contribution in [2.75, 3.05) is 10.6 Å². The highest BCUT2D eigenvalue weighted by molar-refractivity contribution is 5.95. The molecule has 1 fully saturated rings. The van der Waals surface area contributed by atoms with E-state index in [9.17, 15) is 9.90 Å². The van der Waals surface area contributed by atoms with Crippen LogP contribution in [0.1, 0.15) is 28.8 Å². The van der Waals surface area contributed by atoms with Gasteiger partial charge < -0.3 is 15.7 Å². The quantitative estimate of drug-likeness (QED) is 0.895. The van der Waals surface area contributed by atoms with Crippen LogP contribution in [0.15, 0.2) is 30.6 Å². The summed E-state index contributed by atoms with van der Waals surface area (Å²) in [6.45, 7) is 1.90. The first kappa shape index (κ1) is 13.4. The van der Waals surface area contributed by atoms with Crippen molar-refractivity contribution in [1.29, 1.82) is 0 Å². The van der Waals surface area contributed by atoms with Crippen LogP contribution < -0.4 is 10.6 Å². The minimum Gasteiger partial charge on any atom is -0.478 e. The molecule has 1 aliphatic rings. The zero-order valence-corrected chi connectivity index (χ0v) is 11.7. The van der Waals surface area contributed by atoms with Crippen molar-refractivity contribution in [2.45, 2.75) is 25.8 Å². The van der Waals surface area contributed by atoms with Gasteiger partial charge in [0.05, 0.1) is 5.69 Å². The van der Waals surface area contributed by atoms with Crippen molar-refractivity contribution < 1.29 is 9.90 Å². The molecule has 6 nitrogen and oxygen atoms in total. The Morgan fingerprint density at radius 1 is 1.29 bits per heavy atom. The molecular formula is C15H16N4O2. The van der Waals surface area contributed by atoms with Crippen molar-refractivity contribution in [3.8, 4) is 0 Å². The van der Waals surface area contributed by atoms with Crippen LogP contribution in [0.25, 0.3) is 0 Å². The van der Waals surface area contributed by atoms with Crippen LogP contribution in [0.2, 0.25) is 0 Å². The van der Waals surface area contributed by atoms with E-state index >= 15 is 0 Å². The normalized spacial score (nSPS) is 14.0. The standard InChI is InChI=1S/C15H16N4O2/c1-9-6-8-18-14(12(9)16)19(10-4-5-10)13-11(15(20)21)3-2-7-17-13/h2-3,6-8,10H,4-5,16H2,1H3,(H,20,21). The highest BCUT2D eigenvalue weighted by atomic mass is 16.4. The molecule has 2 heterocycles. The second-order valence-corrected chi connectivity index (χ2v) is 5.15. The zero-order chi connectivity index (χ0) is 15.0. The minimum absolute atomic E-state index is 0.159. The van der Waals surface area contributed by atoms with Crippen LogP contribution in [0.3, 0.4) is 0 Å². The summed E-state index contributed by atoms with van der Waals surface area (Å²) in [5.41, 5.74) is 7.77. The molecule has 0 radical (unpaired) electrons. The Labute approximate surface area is 122 Å². The Morgan fingerprint density at radius 3 is 2.67 bits per heavy atom. The SMILES string of the molecule is Cc1ccnc(N(c2ncccc2C(=O)O)C2CC2)c1N. The van der Waals surface area contributed by atoms with E-state index in [1.54, 1.807) is 24.5 Å². The Balaban J connectivity index is 2.16. The largest absolute Gasteiger partial charge is 0.478 e. The number of nitrogens with zero attached hydrogens (tertiary/aromatic N) is 3. The average molecular weight is 284 g/mol. The number of hydrogen-bond acceptors (Lipinski definition) is 5. The van der Waals surface area contributed by atoms with Gasteiger partial charge in [-0.15, -0.1) is 0 Å². The predicted octanol–water partition coefficient (Wildman–Crippen LogP) is 2.37. The number of carbonyl (C=O) groups is 1. The van der Waals surface area contributed by atoms with Crippen LogP contribution in [-0.2, 0) is 0 Å². The summed E-state index contributed by atoms with van der Waals surface area (Å²) >= 11 is 0. The lowest BCUT2D eigenvalue weighted by Crippen LogP contribution is -2.25. The van der Waals surface area contributed by atoms with E-state index in [1.807, 2.05) is 17.9 Å². The van der Waals surface area contributed by atoms with Crippen molar-refractivity contribution >= 4 is 23.3 Å². The second-order valence-electron chi connectivity index (χ2n) is 5.15. The van der Waals surface area contributed by atoms with E-state index in [4.69, 9.17) is 5.73 Å². The highest BCUT2D eigenvalue weighted by Crippen LogP contribution is 2.40. The molecule has 0 saturated heterocycles. The second kappa shape index (κ2) is 5.05. The van der Waals surface area contributed by atoms with Gasteiger partial charge in [-0.05, 0) is 43.5 Å². The Bertz CT molecular complexity index is 698. The number of carboxylic acids is 1. The molecule has 0 bridgehead atoms. The number of aromatic nitrogens is 2. The van der Waals surface area contributed by atoms with Gasteiger partial charge in [0.25, 0.3) is 0 Å². The molecule has 0 unspecified atom stereocenters. The van der Waals surface area contributed by atoms with Gasteiger partial charge in [-0.2, -0.15) is 0 Å². The maximum atomic E-state index is 11.4. The first-order valence-electron chi connectivity index (χ1n) is 6.78. The van der Waals surface area contributed by atoms with Gasteiger partial charge in [-0.1, -0.05) is 0 Å². The lowest BCUT2D eigenvalue weighted by molar-refractivity contribution is 0.0697. The molecule has 1 saturated carbocycles. The third kappa shape index (κ3) is 2.40. The number of nitrogen functional groups attached to an aromatic ring is 1. The molecule has 0 aliphatic heterocycles. The molecule has 1 aliphatic carbocycles. The van der Waals surface area contributed by atoms with Crippen LogP contribution in [0, 0.1) is 6.92 Å². The molecule has 108 valence electrons. The molecule has 0 aromatic carbocycles. The molecule has 0 spiro atoms. The van der Waals surface area contributed by atoms with Gasteiger partial charge >= 0.3 is 5.97 Å². The van der Waals surface area contributed by atoms with Crippen LogP contribution >= 0.6 is 0 Å². The van der Waals surface area contributed by atoms with E-state index in [-0.39, 0.29) is 11.6 Å². The molecule has 2 aromatic rings. The first-order chi connectivity index (χ1) is 10.1. The first-order valence-corrected chi connectivity index (χ1v) is 6.78. The van der Waals surface area contributed by atoms with E-state index in [0.29, 0.717) is 17.3 Å². The zero-order valence-electron chi connectivity index (χ0n) is 11.7. The number of nitrogens with two attached hydrogens (primary N) is 1. The maximum Gasteiger partial charge on any atom is 0.339 e. The van der Waals surface area contributed by atoms with E-state index < -0.39 is 5.97 Å². The number of carboxylic acid groups (broad SMARTS) is 1. The lowest BCUT2D eigenvalue weighted by Gasteiger charge is -2.25. The Hall–Kier alpha value is -2.63. The predicted molar refractivity (Wildman–Crippen MR) is 79.7 cm³/mol. The highest BCUT2D eigenvalue weighted by Gasteiger charge is 2.35. The van der Waals surface area contributed by atoms with Crippen LogP contribution in [-0.4, -0.2) is 27.1 Å². The summed E-state index contributed by atoms with van der Waals surface area (Å²) in [7, 11) is 0. The fourth-order valence-corrected chi connectivity index (χ4v) is 2.28. The minimum atomic E-state index is -1.00. The maximum absolute atomic E-state index is 11.4. The van der Waals surface area contributed by atoms with Gasteiger partial charge in [-0.25, -0.2) is 14.8 Å². The molecule has 21 heavy (non-hydrogen) atoms. The summed E-state index contributed by atoms with van der Waals surface area (Å²) < 4.78 is 0. The topological polar surface area (TPSA) is 92.3 Å². The molecule has 0 amide bonds. The summed E-state index contributed by atoms with van der Waals surface area (Å²) in [5, 5.41) is 9.37. The van der Waals surface area contributed by atoms with Gasteiger partial charge in [-0.3, -0.25) is 0 Å². The van der Waals surface area contributed by atoms with Crippen molar-refractivity contribution in [3.05, 3.63) is 41.7 Å². The Kier molecular flexibility index (Phi) is 3.21. The van der Waals surface area contributed by atoms with Crippen molar-refractivity contribution in [2.24, 2.45) is 0 Å². The number of anilines is 3. The van der Waals surface area contributed by atoms with Gasteiger partial charge in [0.1, 0.15) is 11.4 Å². The average Bonchev–Trinajstić information content (AvgIpc) is 3.29. The molecule has 6 heteroatoms. The van der Waals surface area contributed by atoms with Crippen LogP contribution in [0.4, 0.5) is 17.3 Å². The third-order valence-electron chi connectivity index (χ3n) is 3.57. The third-order valence-corrected chi connectivity index (χ3v) is 3.57. The van der Waals surface area contributed by atoms with Gasteiger partial charge in [0.15, 0.2) is 5.82 Å². The van der Waals surface area contributed by atoms with Gasteiger partial charge in [0, 0.05) is 18.4 Å². The van der Waals surface area contributed by atoms with E-state index in [2.05, 4.69) is 9.97 Å². The smallest absolute Gasteiger partial charge is 0.339 e. The van der Waals surface area contributed by atoms with E-state index in [1.165, 1.54) is 0 Å². The number of rotatable bonds is 4. The summed E-state index contributed by atoms with van der Waals surface area (Å²) in [4.78, 5) is 21.9. The van der Waals surface area contributed by atoms with Crippen LogP contribution in [0.5, 0.6) is 0 Å². The number of aromatic carboxylic acids is 1. The number of hydrogen-bond donors (Lipinski definition) is 2. The fraction of sp³-hybridized carbons (Fsp3) is 0.267. The molecule has 3 rings (SSSR count). The molecule has 0 atom stereocenters. The summed E-state index contributed by atoms with van der Waals surface area (Å²) in [5.74, 6) is -0.0222.